The van der Waals surface area contributed by atoms with Crippen LogP contribution in [0.2, 0.25) is 0 Å². The van der Waals surface area contributed by atoms with Crippen molar-refractivity contribution >= 4 is 11.5 Å². The maximum absolute atomic E-state index is 14.5. The van der Waals surface area contributed by atoms with E-state index in [1.54, 1.807) is 0 Å². The third kappa shape index (κ3) is 6.58. The second-order valence-electron chi connectivity index (χ2n) is 10.9. The lowest BCUT2D eigenvalue weighted by molar-refractivity contribution is 0.0438. The number of ether oxygens (including phenoxy) is 1. The molecule has 4 aromatic rings. The Kier molecular flexibility index (Phi) is 9.40. The zero-order chi connectivity index (χ0) is 29.5. The second-order valence-corrected chi connectivity index (χ2v) is 10.9. The van der Waals surface area contributed by atoms with Crippen LogP contribution in [0.3, 0.4) is 0 Å². The lowest BCUT2D eigenvalue weighted by atomic mass is 9.99. The summed E-state index contributed by atoms with van der Waals surface area (Å²) in [5, 5.41) is 0. The number of hydrogen-bond donors (Lipinski definition) is 0. The summed E-state index contributed by atoms with van der Waals surface area (Å²) in [5.74, 6) is 0.928. The summed E-state index contributed by atoms with van der Waals surface area (Å²) < 4.78 is 7.82. The molecule has 1 aliphatic rings. The standard InChI is InChI=1S/C37H41N3O2/c1-5-13-28(3)36-35(24-29(4)40(36)32-16-11-8-12-17-32)37(41)39-23-22-38(26-31-14-9-7-10-15-31)27-33(39)25-30-18-20-34(21-19-30)42-6-2/h5,7-21,24,33H,3,6,22-23,25-27H2,1-2,4H3/b13-5-. The van der Waals surface area contributed by atoms with Gasteiger partial charge in [-0.05, 0) is 74.2 Å². The smallest absolute Gasteiger partial charge is 0.256 e. The van der Waals surface area contributed by atoms with Crippen molar-refractivity contribution in [2.45, 2.75) is 39.8 Å². The molecule has 1 atom stereocenters. The number of hydrogen-bond acceptors (Lipinski definition) is 3. The number of amides is 1. The van der Waals surface area contributed by atoms with Crippen molar-refractivity contribution in [2.24, 2.45) is 0 Å². The molecule has 1 aromatic heterocycles. The Morgan fingerprint density at radius 3 is 2.31 bits per heavy atom. The van der Waals surface area contributed by atoms with Crippen LogP contribution in [0.15, 0.2) is 110 Å². The van der Waals surface area contributed by atoms with Crippen LogP contribution in [-0.4, -0.2) is 52.6 Å². The molecule has 5 nitrogen and oxygen atoms in total. The lowest BCUT2D eigenvalue weighted by Crippen LogP contribution is -2.55. The van der Waals surface area contributed by atoms with E-state index in [2.05, 4.69) is 82.5 Å². The third-order valence-corrected chi connectivity index (χ3v) is 7.88. The molecule has 2 heterocycles. The summed E-state index contributed by atoms with van der Waals surface area (Å²) in [6.45, 7) is 14.2. The third-order valence-electron chi connectivity index (χ3n) is 7.88. The Morgan fingerprint density at radius 1 is 0.952 bits per heavy atom. The first-order valence-corrected chi connectivity index (χ1v) is 14.9. The van der Waals surface area contributed by atoms with E-state index in [9.17, 15) is 4.79 Å². The summed E-state index contributed by atoms with van der Waals surface area (Å²) in [7, 11) is 0. The van der Waals surface area contributed by atoms with Crippen LogP contribution in [0.25, 0.3) is 11.3 Å². The molecule has 1 aliphatic heterocycles. The van der Waals surface area contributed by atoms with Crippen molar-refractivity contribution in [1.29, 1.82) is 0 Å². The van der Waals surface area contributed by atoms with Crippen LogP contribution in [0.5, 0.6) is 5.75 Å². The molecule has 216 valence electrons. The Hall–Kier alpha value is -4.35. The molecule has 1 amide bonds. The van der Waals surface area contributed by atoms with Crippen LogP contribution < -0.4 is 4.74 Å². The van der Waals surface area contributed by atoms with E-state index >= 15 is 0 Å². The van der Waals surface area contributed by atoms with Crippen LogP contribution >= 0.6 is 0 Å². The van der Waals surface area contributed by atoms with Gasteiger partial charge in [0.1, 0.15) is 5.75 Å². The van der Waals surface area contributed by atoms with Gasteiger partial charge in [-0.1, -0.05) is 79.4 Å². The molecule has 0 aliphatic carbocycles. The molecule has 1 saturated heterocycles. The molecule has 0 bridgehead atoms. The molecule has 1 unspecified atom stereocenters. The average Bonchev–Trinajstić information content (AvgIpc) is 3.36. The van der Waals surface area contributed by atoms with Crippen molar-refractivity contribution in [2.75, 3.05) is 26.2 Å². The van der Waals surface area contributed by atoms with E-state index in [-0.39, 0.29) is 11.9 Å². The number of allylic oxidation sites excluding steroid dienone is 3. The molecular formula is C37H41N3O2. The Balaban J connectivity index is 1.49. The first-order valence-electron chi connectivity index (χ1n) is 14.9. The van der Waals surface area contributed by atoms with Gasteiger partial charge in [0.05, 0.1) is 17.9 Å². The molecule has 0 N–H and O–H groups in total. The SMILES string of the molecule is C=C(/C=C\C)c1c(C(=O)N2CCN(Cc3ccccc3)CC2Cc2ccc(OCC)cc2)cc(C)n1-c1ccccc1. The first kappa shape index (κ1) is 29.2. The summed E-state index contributed by atoms with van der Waals surface area (Å²) in [4.78, 5) is 19.1. The van der Waals surface area contributed by atoms with Gasteiger partial charge in [-0.25, -0.2) is 0 Å². The minimum absolute atomic E-state index is 0.0242. The highest BCUT2D eigenvalue weighted by Crippen LogP contribution is 2.30. The van der Waals surface area contributed by atoms with Gasteiger partial charge in [-0.15, -0.1) is 0 Å². The van der Waals surface area contributed by atoms with Crippen LogP contribution in [-0.2, 0) is 13.0 Å². The Labute approximate surface area is 250 Å². The zero-order valence-corrected chi connectivity index (χ0v) is 25.0. The Morgan fingerprint density at radius 2 is 1.64 bits per heavy atom. The van der Waals surface area contributed by atoms with Gasteiger partial charge in [-0.2, -0.15) is 0 Å². The average molecular weight is 560 g/mol. The molecular weight excluding hydrogens is 518 g/mol. The van der Waals surface area contributed by atoms with E-state index < -0.39 is 0 Å². The maximum Gasteiger partial charge on any atom is 0.256 e. The normalized spacial score (nSPS) is 15.7. The monoisotopic (exact) mass is 559 g/mol. The fourth-order valence-electron chi connectivity index (χ4n) is 5.97. The van der Waals surface area contributed by atoms with Crippen molar-refractivity contribution in [3.8, 4) is 11.4 Å². The van der Waals surface area contributed by atoms with Crippen LogP contribution in [0.1, 0.15) is 46.7 Å². The van der Waals surface area contributed by atoms with E-state index in [0.717, 1.165) is 54.5 Å². The number of carbonyl (C=O) groups is 1. The minimum Gasteiger partial charge on any atom is -0.494 e. The summed E-state index contributed by atoms with van der Waals surface area (Å²) in [6, 6.07) is 31.1. The highest BCUT2D eigenvalue weighted by atomic mass is 16.5. The fourth-order valence-corrected chi connectivity index (χ4v) is 5.97. The van der Waals surface area contributed by atoms with E-state index in [0.29, 0.717) is 18.7 Å². The topological polar surface area (TPSA) is 37.7 Å². The number of piperazine rings is 1. The lowest BCUT2D eigenvalue weighted by Gasteiger charge is -2.42. The molecule has 0 radical (unpaired) electrons. The van der Waals surface area contributed by atoms with E-state index in [1.165, 1.54) is 11.1 Å². The highest BCUT2D eigenvalue weighted by Gasteiger charge is 2.33. The number of aryl methyl sites for hydroxylation is 1. The van der Waals surface area contributed by atoms with Gasteiger partial charge in [0.2, 0.25) is 0 Å². The number of carbonyl (C=O) groups excluding carboxylic acids is 1. The summed E-state index contributed by atoms with van der Waals surface area (Å²) in [5.41, 5.74) is 6.89. The Bertz CT molecular complexity index is 1520. The number of benzene rings is 3. The van der Waals surface area contributed by atoms with Crippen molar-refractivity contribution in [3.63, 3.8) is 0 Å². The summed E-state index contributed by atoms with van der Waals surface area (Å²) in [6.07, 6.45) is 4.73. The maximum atomic E-state index is 14.5. The number of nitrogens with zero attached hydrogens (tertiary/aromatic N) is 3. The molecule has 5 heteroatoms. The van der Waals surface area contributed by atoms with E-state index in [1.807, 2.05) is 62.4 Å². The predicted molar refractivity (Wildman–Crippen MR) is 172 cm³/mol. The molecule has 0 spiro atoms. The van der Waals surface area contributed by atoms with Gasteiger partial charge in [0.15, 0.2) is 0 Å². The van der Waals surface area contributed by atoms with Gasteiger partial charge in [0.25, 0.3) is 5.91 Å². The largest absolute Gasteiger partial charge is 0.494 e. The van der Waals surface area contributed by atoms with E-state index in [4.69, 9.17) is 4.74 Å². The van der Waals surface area contributed by atoms with Crippen molar-refractivity contribution in [3.05, 3.63) is 138 Å². The summed E-state index contributed by atoms with van der Waals surface area (Å²) >= 11 is 0. The zero-order valence-electron chi connectivity index (χ0n) is 25.0. The number of para-hydroxylation sites is 1. The highest BCUT2D eigenvalue weighted by molar-refractivity contribution is 6.00. The van der Waals surface area contributed by atoms with Gasteiger partial charge in [-0.3, -0.25) is 9.69 Å². The molecule has 3 aromatic carbocycles. The van der Waals surface area contributed by atoms with Gasteiger partial charge >= 0.3 is 0 Å². The first-order chi connectivity index (χ1) is 20.5. The van der Waals surface area contributed by atoms with Gasteiger partial charge in [0, 0.05) is 43.6 Å². The molecule has 42 heavy (non-hydrogen) atoms. The van der Waals surface area contributed by atoms with Crippen molar-refractivity contribution in [1.82, 2.24) is 14.4 Å². The molecule has 1 fully saturated rings. The van der Waals surface area contributed by atoms with Crippen LogP contribution in [0.4, 0.5) is 0 Å². The quantitative estimate of drug-likeness (QED) is 0.191. The van der Waals surface area contributed by atoms with Crippen LogP contribution in [0, 0.1) is 6.92 Å². The number of aromatic nitrogens is 1. The minimum atomic E-state index is 0.0242. The second kappa shape index (κ2) is 13.5. The molecule has 0 saturated carbocycles. The van der Waals surface area contributed by atoms with Crippen molar-refractivity contribution < 1.29 is 9.53 Å². The fraction of sp³-hybridized carbons (Fsp3) is 0.270. The molecule has 5 rings (SSSR count). The predicted octanol–water partition coefficient (Wildman–Crippen LogP) is 7.34. The van der Waals surface area contributed by atoms with Gasteiger partial charge < -0.3 is 14.2 Å². The number of rotatable bonds is 10.